The van der Waals surface area contributed by atoms with Gasteiger partial charge in [0, 0.05) is 24.2 Å². The second-order valence-corrected chi connectivity index (χ2v) is 5.59. The molecule has 1 atom stereocenters. The molecule has 2 nitrogen and oxygen atoms in total. The molecule has 0 heterocycles. The van der Waals surface area contributed by atoms with Gasteiger partial charge in [0.25, 0.3) is 0 Å². The number of rotatable bonds is 6. The van der Waals surface area contributed by atoms with Gasteiger partial charge in [0.15, 0.2) is 0 Å². The SMILES string of the molecule is CN(C)C(CNCc1cccc(Cl)c1)c1ccccc1. The van der Waals surface area contributed by atoms with Gasteiger partial charge in [-0.3, -0.25) is 0 Å². The topological polar surface area (TPSA) is 15.3 Å². The van der Waals surface area contributed by atoms with E-state index in [0.717, 1.165) is 18.1 Å². The van der Waals surface area contributed by atoms with Crippen molar-refractivity contribution in [2.24, 2.45) is 0 Å². The summed E-state index contributed by atoms with van der Waals surface area (Å²) >= 11 is 6.00. The lowest BCUT2D eigenvalue weighted by Gasteiger charge is -2.25. The summed E-state index contributed by atoms with van der Waals surface area (Å²) in [5.41, 5.74) is 2.54. The maximum Gasteiger partial charge on any atom is 0.0466 e. The van der Waals surface area contributed by atoms with E-state index in [1.807, 2.05) is 18.2 Å². The molecule has 3 heteroatoms. The highest BCUT2D eigenvalue weighted by Gasteiger charge is 2.12. The van der Waals surface area contributed by atoms with Crippen molar-refractivity contribution in [1.29, 1.82) is 0 Å². The van der Waals surface area contributed by atoms with Crippen LogP contribution in [-0.4, -0.2) is 25.5 Å². The smallest absolute Gasteiger partial charge is 0.0466 e. The number of nitrogens with zero attached hydrogens (tertiary/aromatic N) is 1. The Morgan fingerprint density at radius 3 is 2.45 bits per heavy atom. The lowest BCUT2D eigenvalue weighted by Crippen LogP contribution is -2.30. The van der Waals surface area contributed by atoms with E-state index in [4.69, 9.17) is 11.6 Å². The Labute approximate surface area is 126 Å². The molecule has 0 aliphatic rings. The predicted molar refractivity (Wildman–Crippen MR) is 86.0 cm³/mol. The molecule has 0 aliphatic heterocycles. The second kappa shape index (κ2) is 7.44. The molecular formula is C17H21ClN2. The number of halogens is 1. The van der Waals surface area contributed by atoms with E-state index in [1.165, 1.54) is 11.1 Å². The van der Waals surface area contributed by atoms with E-state index in [0.29, 0.717) is 6.04 Å². The maximum absolute atomic E-state index is 6.00. The van der Waals surface area contributed by atoms with Crippen LogP contribution < -0.4 is 5.32 Å². The molecule has 0 saturated carbocycles. The van der Waals surface area contributed by atoms with Gasteiger partial charge >= 0.3 is 0 Å². The predicted octanol–water partition coefficient (Wildman–Crippen LogP) is 3.73. The van der Waals surface area contributed by atoms with Gasteiger partial charge in [0.2, 0.25) is 0 Å². The standard InChI is InChI=1S/C17H21ClN2/c1-20(2)17(15-8-4-3-5-9-15)13-19-12-14-7-6-10-16(18)11-14/h3-11,17,19H,12-13H2,1-2H3. The average Bonchev–Trinajstić information content (AvgIpc) is 2.44. The van der Waals surface area contributed by atoms with E-state index >= 15 is 0 Å². The van der Waals surface area contributed by atoms with E-state index in [-0.39, 0.29) is 0 Å². The van der Waals surface area contributed by atoms with Crippen LogP contribution in [0.5, 0.6) is 0 Å². The van der Waals surface area contributed by atoms with Gasteiger partial charge in [-0.05, 0) is 37.4 Å². The molecule has 0 saturated heterocycles. The second-order valence-electron chi connectivity index (χ2n) is 5.15. The Balaban J connectivity index is 1.93. The lowest BCUT2D eigenvalue weighted by molar-refractivity contribution is 0.288. The molecule has 0 bridgehead atoms. The zero-order valence-electron chi connectivity index (χ0n) is 12.0. The molecule has 1 N–H and O–H groups in total. The van der Waals surface area contributed by atoms with Gasteiger partial charge in [-0.15, -0.1) is 0 Å². The summed E-state index contributed by atoms with van der Waals surface area (Å²) in [6.45, 7) is 1.74. The molecule has 1 unspecified atom stereocenters. The summed E-state index contributed by atoms with van der Waals surface area (Å²) in [4.78, 5) is 2.24. The van der Waals surface area contributed by atoms with Gasteiger partial charge in [-0.25, -0.2) is 0 Å². The Morgan fingerprint density at radius 1 is 1.05 bits per heavy atom. The van der Waals surface area contributed by atoms with E-state index in [2.05, 4.69) is 60.7 Å². The van der Waals surface area contributed by atoms with Crippen LogP contribution in [-0.2, 0) is 6.54 Å². The van der Waals surface area contributed by atoms with Crippen LogP contribution >= 0.6 is 11.6 Å². The zero-order valence-corrected chi connectivity index (χ0v) is 12.8. The van der Waals surface area contributed by atoms with Gasteiger partial charge < -0.3 is 10.2 Å². The third-order valence-electron chi connectivity index (χ3n) is 3.36. The van der Waals surface area contributed by atoms with Crippen molar-refractivity contribution in [3.63, 3.8) is 0 Å². The molecule has 2 aromatic rings. The van der Waals surface area contributed by atoms with Gasteiger partial charge in [0.05, 0.1) is 0 Å². The van der Waals surface area contributed by atoms with Crippen LogP contribution in [0.1, 0.15) is 17.2 Å². The minimum atomic E-state index is 0.371. The van der Waals surface area contributed by atoms with Crippen LogP contribution in [0.25, 0.3) is 0 Å². The number of hydrogen-bond acceptors (Lipinski definition) is 2. The highest BCUT2D eigenvalue weighted by atomic mass is 35.5. The van der Waals surface area contributed by atoms with Crippen molar-refractivity contribution in [3.8, 4) is 0 Å². The Morgan fingerprint density at radius 2 is 1.80 bits per heavy atom. The first kappa shape index (κ1) is 15.0. The number of benzene rings is 2. The molecular weight excluding hydrogens is 268 g/mol. The molecule has 2 rings (SSSR count). The number of nitrogens with one attached hydrogen (secondary N) is 1. The molecule has 0 radical (unpaired) electrons. The summed E-state index contributed by atoms with van der Waals surface area (Å²) in [6, 6.07) is 18.9. The van der Waals surface area contributed by atoms with Crippen molar-refractivity contribution in [3.05, 3.63) is 70.7 Å². The van der Waals surface area contributed by atoms with Crippen molar-refractivity contribution < 1.29 is 0 Å². The van der Waals surface area contributed by atoms with Crippen molar-refractivity contribution >= 4 is 11.6 Å². The molecule has 0 aromatic heterocycles. The van der Waals surface area contributed by atoms with Crippen LogP contribution in [0.3, 0.4) is 0 Å². The van der Waals surface area contributed by atoms with E-state index in [1.54, 1.807) is 0 Å². The molecule has 106 valence electrons. The quantitative estimate of drug-likeness (QED) is 0.871. The molecule has 20 heavy (non-hydrogen) atoms. The van der Waals surface area contributed by atoms with Crippen LogP contribution in [0, 0.1) is 0 Å². The first-order valence-electron chi connectivity index (χ1n) is 6.83. The highest BCUT2D eigenvalue weighted by Crippen LogP contribution is 2.17. The summed E-state index contributed by atoms with van der Waals surface area (Å²) in [5, 5.41) is 4.30. The summed E-state index contributed by atoms with van der Waals surface area (Å²) in [5.74, 6) is 0. The Hall–Kier alpha value is -1.35. The van der Waals surface area contributed by atoms with Crippen LogP contribution in [0.4, 0.5) is 0 Å². The van der Waals surface area contributed by atoms with Crippen LogP contribution in [0.15, 0.2) is 54.6 Å². The minimum Gasteiger partial charge on any atom is -0.311 e. The first-order valence-corrected chi connectivity index (χ1v) is 7.21. The van der Waals surface area contributed by atoms with Gasteiger partial charge in [-0.1, -0.05) is 54.1 Å². The average molecular weight is 289 g/mol. The van der Waals surface area contributed by atoms with Gasteiger partial charge in [-0.2, -0.15) is 0 Å². The first-order chi connectivity index (χ1) is 9.66. The van der Waals surface area contributed by atoms with Crippen molar-refractivity contribution in [1.82, 2.24) is 10.2 Å². The zero-order chi connectivity index (χ0) is 14.4. The highest BCUT2D eigenvalue weighted by molar-refractivity contribution is 6.30. The maximum atomic E-state index is 6.00. The minimum absolute atomic E-state index is 0.371. The Bertz CT molecular complexity index is 526. The molecule has 0 aliphatic carbocycles. The molecule has 2 aromatic carbocycles. The fourth-order valence-electron chi connectivity index (χ4n) is 2.27. The largest absolute Gasteiger partial charge is 0.311 e. The normalized spacial score (nSPS) is 12.6. The Kier molecular flexibility index (Phi) is 5.60. The summed E-state index contributed by atoms with van der Waals surface area (Å²) in [6.07, 6.45) is 0. The fraction of sp³-hybridized carbons (Fsp3) is 0.294. The summed E-state index contributed by atoms with van der Waals surface area (Å²) in [7, 11) is 4.22. The molecule has 0 amide bonds. The van der Waals surface area contributed by atoms with Gasteiger partial charge in [0.1, 0.15) is 0 Å². The molecule has 0 spiro atoms. The number of likely N-dealkylation sites (N-methyl/N-ethyl adjacent to an activating group) is 1. The molecule has 0 fully saturated rings. The lowest BCUT2D eigenvalue weighted by atomic mass is 10.1. The van der Waals surface area contributed by atoms with Crippen molar-refractivity contribution in [2.75, 3.05) is 20.6 Å². The third-order valence-corrected chi connectivity index (χ3v) is 3.60. The van der Waals surface area contributed by atoms with E-state index in [9.17, 15) is 0 Å². The monoisotopic (exact) mass is 288 g/mol. The third kappa shape index (κ3) is 4.34. The fourth-order valence-corrected chi connectivity index (χ4v) is 2.49. The number of hydrogen-bond donors (Lipinski definition) is 1. The van der Waals surface area contributed by atoms with Crippen molar-refractivity contribution in [2.45, 2.75) is 12.6 Å². The van der Waals surface area contributed by atoms with Crippen LogP contribution in [0.2, 0.25) is 5.02 Å². The summed E-state index contributed by atoms with van der Waals surface area (Å²) < 4.78 is 0. The van der Waals surface area contributed by atoms with E-state index < -0.39 is 0 Å².